The van der Waals surface area contributed by atoms with Crippen LogP contribution in [-0.2, 0) is 0 Å². The summed E-state index contributed by atoms with van der Waals surface area (Å²) in [6.45, 7) is 6.26. The van der Waals surface area contributed by atoms with Crippen molar-refractivity contribution in [1.82, 2.24) is 5.32 Å². The molecular weight excluding hydrogens is 282 g/mol. The summed E-state index contributed by atoms with van der Waals surface area (Å²) in [4.78, 5) is 0. The molecule has 1 atom stereocenters. The van der Waals surface area contributed by atoms with Gasteiger partial charge < -0.3 is 10.1 Å². The Bertz CT molecular complexity index is 652. The lowest BCUT2D eigenvalue weighted by atomic mass is 9.90. The third-order valence-electron chi connectivity index (χ3n) is 3.91. The third-order valence-corrected chi connectivity index (χ3v) is 4.32. The van der Waals surface area contributed by atoms with Gasteiger partial charge in [-0.3, -0.25) is 0 Å². The van der Waals surface area contributed by atoms with E-state index in [-0.39, 0.29) is 6.04 Å². The Labute approximate surface area is 132 Å². The summed E-state index contributed by atoms with van der Waals surface area (Å²) in [6.07, 6.45) is 0. The van der Waals surface area contributed by atoms with E-state index in [9.17, 15) is 0 Å². The SMILES string of the molecule is CNC(c1cccc(Cl)c1C)c1c(C)cc(C)cc1OC. The summed E-state index contributed by atoms with van der Waals surface area (Å²) in [7, 11) is 3.68. The molecule has 1 N–H and O–H groups in total. The van der Waals surface area contributed by atoms with Crippen LogP contribution in [0.25, 0.3) is 0 Å². The zero-order valence-electron chi connectivity index (χ0n) is 13.3. The van der Waals surface area contributed by atoms with Crippen molar-refractivity contribution in [2.75, 3.05) is 14.2 Å². The maximum absolute atomic E-state index is 6.28. The smallest absolute Gasteiger partial charge is 0.124 e. The summed E-state index contributed by atoms with van der Waals surface area (Å²) in [5.41, 5.74) is 5.85. The molecule has 3 heteroatoms. The molecule has 21 heavy (non-hydrogen) atoms. The number of hydrogen-bond acceptors (Lipinski definition) is 2. The minimum atomic E-state index is 0.0549. The maximum Gasteiger partial charge on any atom is 0.124 e. The van der Waals surface area contributed by atoms with Gasteiger partial charge in [-0.25, -0.2) is 0 Å². The summed E-state index contributed by atoms with van der Waals surface area (Å²) < 4.78 is 5.61. The first-order chi connectivity index (χ1) is 9.99. The molecule has 0 aliphatic carbocycles. The zero-order chi connectivity index (χ0) is 15.6. The molecule has 0 heterocycles. The lowest BCUT2D eigenvalue weighted by Gasteiger charge is -2.24. The molecule has 2 rings (SSSR count). The monoisotopic (exact) mass is 303 g/mol. The van der Waals surface area contributed by atoms with Gasteiger partial charge in [0.25, 0.3) is 0 Å². The second kappa shape index (κ2) is 6.50. The number of benzene rings is 2. The van der Waals surface area contributed by atoms with E-state index in [0.717, 1.165) is 21.9 Å². The van der Waals surface area contributed by atoms with E-state index < -0.39 is 0 Å². The first kappa shape index (κ1) is 15.9. The molecular formula is C18H22ClNO. The summed E-state index contributed by atoms with van der Waals surface area (Å²) in [5, 5.41) is 4.19. The van der Waals surface area contributed by atoms with Gasteiger partial charge in [0.1, 0.15) is 5.75 Å². The van der Waals surface area contributed by atoms with Crippen LogP contribution in [-0.4, -0.2) is 14.2 Å². The highest BCUT2D eigenvalue weighted by Gasteiger charge is 2.21. The van der Waals surface area contributed by atoms with Crippen molar-refractivity contribution in [1.29, 1.82) is 0 Å². The Morgan fingerprint density at radius 3 is 2.48 bits per heavy atom. The van der Waals surface area contributed by atoms with E-state index in [0.29, 0.717) is 0 Å². The second-order valence-electron chi connectivity index (χ2n) is 5.37. The van der Waals surface area contributed by atoms with E-state index >= 15 is 0 Å². The molecule has 2 aromatic carbocycles. The second-order valence-corrected chi connectivity index (χ2v) is 5.78. The number of hydrogen-bond donors (Lipinski definition) is 1. The Hall–Kier alpha value is -1.51. The van der Waals surface area contributed by atoms with Gasteiger partial charge in [-0.2, -0.15) is 0 Å². The molecule has 0 saturated heterocycles. The minimum absolute atomic E-state index is 0.0549. The maximum atomic E-state index is 6.28. The van der Waals surface area contributed by atoms with Gasteiger partial charge in [-0.05, 0) is 62.2 Å². The molecule has 0 radical (unpaired) electrons. The predicted octanol–water partition coefficient (Wildman–Crippen LogP) is 4.58. The lowest BCUT2D eigenvalue weighted by Crippen LogP contribution is -2.20. The summed E-state index contributed by atoms with van der Waals surface area (Å²) >= 11 is 6.28. The van der Waals surface area contributed by atoms with Crippen LogP contribution in [0.15, 0.2) is 30.3 Å². The fourth-order valence-corrected chi connectivity index (χ4v) is 3.05. The molecule has 0 fully saturated rings. The van der Waals surface area contributed by atoms with E-state index in [2.05, 4.69) is 44.3 Å². The third kappa shape index (κ3) is 3.07. The van der Waals surface area contributed by atoms with E-state index in [1.54, 1.807) is 7.11 Å². The largest absolute Gasteiger partial charge is 0.496 e. The van der Waals surface area contributed by atoms with Gasteiger partial charge in [0.15, 0.2) is 0 Å². The molecule has 0 aromatic heterocycles. The fourth-order valence-electron chi connectivity index (χ4n) is 2.87. The molecule has 0 amide bonds. The van der Waals surface area contributed by atoms with Crippen LogP contribution in [0.1, 0.15) is 33.9 Å². The molecule has 1 unspecified atom stereocenters. The average molecular weight is 304 g/mol. The van der Waals surface area contributed by atoms with Crippen molar-refractivity contribution in [2.24, 2.45) is 0 Å². The first-order valence-corrected chi connectivity index (χ1v) is 7.44. The number of methoxy groups -OCH3 is 1. The van der Waals surface area contributed by atoms with Crippen molar-refractivity contribution in [2.45, 2.75) is 26.8 Å². The number of rotatable bonds is 4. The van der Waals surface area contributed by atoms with Crippen molar-refractivity contribution in [3.05, 3.63) is 63.2 Å². The Morgan fingerprint density at radius 1 is 1.14 bits per heavy atom. The van der Waals surface area contributed by atoms with Crippen molar-refractivity contribution in [3.63, 3.8) is 0 Å². The van der Waals surface area contributed by atoms with Crippen LogP contribution in [0.5, 0.6) is 5.75 Å². The Morgan fingerprint density at radius 2 is 1.86 bits per heavy atom. The minimum Gasteiger partial charge on any atom is -0.496 e. The van der Waals surface area contributed by atoms with Crippen LogP contribution in [0.3, 0.4) is 0 Å². The Kier molecular flexibility index (Phi) is 4.92. The molecule has 112 valence electrons. The number of ether oxygens (including phenoxy) is 1. The molecule has 2 nitrogen and oxygen atoms in total. The summed E-state index contributed by atoms with van der Waals surface area (Å²) in [6, 6.07) is 10.3. The van der Waals surface area contributed by atoms with Gasteiger partial charge in [0.05, 0.1) is 13.2 Å². The quantitative estimate of drug-likeness (QED) is 0.892. The van der Waals surface area contributed by atoms with Crippen LogP contribution in [0.4, 0.5) is 0 Å². The van der Waals surface area contributed by atoms with Gasteiger partial charge in [0, 0.05) is 10.6 Å². The van der Waals surface area contributed by atoms with Gasteiger partial charge in [0.2, 0.25) is 0 Å². The fraction of sp³-hybridized carbons (Fsp3) is 0.333. The van der Waals surface area contributed by atoms with Crippen LogP contribution in [0, 0.1) is 20.8 Å². The van der Waals surface area contributed by atoms with Crippen molar-refractivity contribution >= 4 is 11.6 Å². The van der Waals surface area contributed by atoms with E-state index in [1.165, 1.54) is 16.7 Å². The van der Waals surface area contributed by atoms with E-state index in [1.807, 2.05) is 19.2 Å². The number of halogens is 1. The molecule has 0 aliphatic rings. The standard InChI is InChI=1S/C18H22ClNO/c1-11-9-12(2)17(16(10-11)21-5)18(20-4)14-7-6-8-15(19)13(14)3/h6-10,18,20H,1-5H3. The molecule has 0 saturated carbocycles. The lowest BCUT2D eigenvalue weighted by molar-refractivity contribution is 0.404. The molecule has 0 spiro atoms. The molecule has 2 aromatic rings. The summed E-state index contributed by atoms with van der Waals surface area (Å²) in [5.74, 6) is 0.909. The molecule has 0 bridgehead atoms. The van der Waals surface area contributed by atoms with Crippen molar-refractivity contribution < 1.29 is 4.74 Å². The van der Waals surface area contributed by atoms with Gasteiger partial charge in [-0.15, -0.1) is 0 Å². The van der Waals surface area contributed by atoms with E-state index in [4.69, 9.17) is 16.3 Å². The highest BCUT2D eigenvalue weighted by atomic mass is 35.5. The average Bonchev–Trinajstić information content (AvgIpc) is 2.45. The highest BCUT2D eigenvalue weighted by Crippen LogP contribution is 2.36. The highest BCUT2D eigenvalue weighted by molar-refractivity contribution is 6.31. The van der Waals surface area contributed by atoms with Crippen LogP contribution < -0.4 is 10.1 Å². The number of aryl methyl sites for hydroxylation is 2. The van der Waals surface area contributed by atoms with Crippen molar-refractivity contribution in [3.8, 4) is 5.75 Å². The first-order valence-electron chi connectivity index (χ1n) is 7.07. The zero-order valence-corrected chi connectivity index (χ0v) is 14.0. The van der Waals surface area contributed by atoms with Crippen LogP contribution >= 0.6 is 11.6 Å². The topological polar surface area (TPSA) is 21.3 Å². The van der Waals surface area contributed by atoms with Gasteiger partial charge in [-0.1, -0.05) is 29.8 Å². The van der Waals surface area contributed by atoms with Gasteiger partial charge >= 0.3 is 0 Å². The normalized spacial score (nSPS) is 12.3. The Balaban J connectivity index is 2.64. The van der Waals surface area contributed by atoms with Crippen LogP contribution in [0.2, 0.25) is 5.02 Å². The number of nitrogens with one attached hydrogen (secondary N) is 1. The predicted molar refractivity (Wildman–Crippen MR) is 89.6 cm³/mol. The molecule has 0 aliphatic heterocycles.